The summed E-state index contributed by atoms with van der Waals surface area (Å²) in [7, 11) is 1.86. The molecule has 0 unspecified atom stereocenters. The average molecular weight is 113 g/mol. The first-order valence-corrected chi connectivity index (χ1v) is 2.44. The van der Waals surface area contributed by atoms with Crippen LogP contribution in [0, 0.1) is 0 Å². The van der Waals surface area contributed by atoms with Gasteiger partial charge in [0.2, 0.25) is 0 Å². The molecule has 0 saturated carbocycles. The van der Waals surface area contributed by atoms with E-state index in [9.17, 15) is 0 Å². The van der Waals surface area contributed by atoms with Crippen molar-refractivity contribution in [2.75, 3.05) is 13.6 Å². The van der Waals surface area contributed by atoms with E-state index in [4.69, 9.17) is 5.73 Å². The van der Waals surface area contributed by atoms with E-state index in [1.54, 1.807) is 6.21 Å². The quantitative estimate of drug-likeness (QED) is 0.494. The molecule has 0 rings (SSSR count). The van der Waals surface area contributed by atoms with Gasteiger partial charge in [-0.05, 0) is 7.05 Å². The predicted octanol–water partition coefficient (Wildman–Crippen LogP) is -0.294. The second kappa shape index (κ2) is 6.17. The van der Waals surface area contributed by atoms with Gasteiger partial charge < -0.3 is 11.1 Å². The third-order valence-corrected chi connectivity index (χ3v) is 0.573. The molecular formula is C5H11N3. The topological polar surface area (TPSA) is 50.4 Å². The molecule has 0 aliphatic heterocycles. The molecule has 0 aromatic heterocycles. The summed E-state index contributed by atoms with van der Waals surface area (Å²) < 4.78 is 0. The van der Waals surface area contributed by atoms with Crippen molar-refractivity contribution in [2.45, 2.75) is 0 Å². The average Bonchev–Trinajstić information content (AvgIpc) is 1.81. The van der Waals surface area contributed by atoms with Crippen LogP contribution in [0.1, 0.15) is 0 Å². The van der Waals surface area contributed by atoms with E-state index >= 15 is 0 Å². The minimum atomic E-state index is 0.782. The summed E-state index contributed by atoms with van der Waals surface area (Å²) in [4.78, 5) is 3.79. The molecule has 8 heavy (non-hydrogen) atoms. The Morgan fingerprint density at radius 3 is 3.00 bits per heavy atom. The Morgan fingerprint density at radius 2 is 2.50 bits per heavy atom. The maximum absolute atomic E-state index is 5.00. The first-order valence-electron chi connectivity index (χ1n) is 2.44. The van der Waals surface area contributed by atoms with Crippen LogP contribution in [0.2, 0.25) is 0 Å². The molecule has 0 fully saturated rings. The van der Waals surface area contributed by atoms with Crippen LogP contribution in [0.3, 0.4) is 0 Å². The first-order chi connectivity index (χ1) is 3.91. The van der Waals surface area contributed by atoms with E-state index in [-0.39, 0.29) is 0 Å². The third-order valence-electron chi connectivity index (χ3n) is 0.573. The van der Waals surface area contributed by atoms with Crippen LogP contribution in [0.4, 0.5) is 0 Å². The minimum absolute atomic E-state index is 0.782. The normalized spacial score (nSPS) is 11.6. The summed E-state index contributed by atoms with van der Waals surface area (Å²) in [5.74, 6) is 0. The van der Waals surface area contributed by atoms with Crippen molar-refractivity contribution in [2.24, 2.45) is 10.7 Å². The molecule has 0 heterocycles. The van der Waals surface area contributed by atoms with E-state index in [0.717, 1.165) is 6.54 Å². The van der Waals surface area contributed by atoms with Crippen molar-refractivity contribution < 1.29 is 0 Å². The molecular weight excluding hydrogens is 102 g/mol. The first kappa shape index (κ1) is 7.17. The Bertz CT molecular complexity index is 85.7. The van der Waals surface area contributed by atoms with Crippen LogP contribution >= 0.6 is 0 Å². The molecule has 0 amide bonds. The third kappa shape index (κ3) is 5.17. The Kier molecular flexibility index (Phi) is 5.53. The van der Waals surface area contributed by atoms with Gasteiger partial charge in [-0.2, -0.15) is 0 Å². The zero-order valence-corrected chi connectivity index (χ0v) is 4.96. The minimum Gasteiger partial charge on any atom is -0.403 e. The maximum Gasteiger partial charge on any atom is 0.0419 e. The number of rotatable bonds is 3. The van der Waals surface area contributed by atoms with Crippen LogP contribution in [-0.2, 0) is 0 Å². The molecule has 0 saturated heterocycles. The van der Waals surface area contributed by atoms with Crippen molar-refractivity contribution in [3.05, 3.63) is 12.4 Å². The molecule has 0 bridgehead atoms. The van der Waals surface area contributed by atoms with Gasteiger partial charge in [-0.15, -0.1) is 0 Å². The van der Waals surface area contributed by atoms with E-state index < -0.39 is 0 Å². The molecule has 46 valence electrons. The van der Waals surface area contributed by atoms with Gasteiger partial charge in [0.05, 0.1) is 0 Å². The summed E-state index contributed by atoms with van der Waals surface area (Å²) in [5.41, 5.74) is 5.00. The lowest BCUT2D eigenvalue weighted by molar-refractivity contribution is 0.957. The van der Waals surface area contributed by atoms with E-state index in [1.807, 2.05) is 7.05 Å². The van der Waals surface area contributed by atoms with Crippen molar-refractivity contribution in [3.8, 4) is 0 Å². The smallest absolute Gasteiger partial charge is 0.0419 e. The van der Waals surface area contributed by atoms with Crippen molar-refractivity contribution in [3.63, 3.8) is 0 Å². The number of hydrogen-bond acceptors (Lipinski definition) is 3. The van der Waals surface area contributed by atoms with Gasteiger partial charge in [0.1, 0.15) is 0 Å². The monoisotopic (exact) mass is 113 g/mol. The number of aliphatic imine (C=N–C) groups is 1. The molecule has 0 atom stereocenters. The second-order valence-electron chi connectivity index (χ2n) is 1.23. The Balaban J connectivity index is 3.07. The SMILES string of the molecule is CNCC=N/C=C\N. The largest absolute Gasteiger partial charge is 0.403 e. The lowest BCUT2D eigenvalue weighted by Gasteiger charge is -1.82. The fourth-order valence-corrected chi connectivity index (χ4v) is 0.255. The summed E-state index contributed by atoms with van der Waals surface area (Å²) in [6.45, 7) is 0.782. The number of nitrogens with one attached hydrogen (secondary N) is 1. The Hall–Kier alpha value is -0.830. The van der Waals surface area contributed by atoms with E-state index in [2.05, 4.69) is 10.3 Å². The summed E-state index contributed by atoms with van der Waals surface area (Å²) in [5, 5.41) is 2.90. The highest BCUT2D eigenvalue weighted by Gasteiger charge is 1.65. The molecule has 0 spiro atoms. The van der Waals surface area contributed by atoms with Crippen LogP contribution in [0.25, 0.3) is 0 Å². The van der Waals surface area contributed by atoms with Crippen LogP contribution in [-0.4, -0.2) is 19.8 Å². The molecule has 3 N–H and O–H groups in total. The molecule has 0 radical (unpaired) electrons. The maximum atomic E-state index is 5.00. The van der Waals surface area contributed by atoms with Gasteiger partial charge in [-0.3, -0.25) is 4.99 Å². The van der Waals surface area contributed by atoms with E-state index in [0.29, 0.717) is 0 Å². The number of nitrogens with zero attached hydrogens (tertiary/aromatic N) is 1. The van der Waals surface area contributed by atoms with Gasteiger partial charge >= 0.3 is 0 Å². The zero-order chi connectivity index (χ0) is 6.24. The molecule has 0 aliphatic carbocycles. The van der Waals surface area contributed by atoms with Crippen molar-refractivity contribution in [1.82, 2.24) is 5.32 Å². The Labute approximate surface area is 49.3 Å². The summed E-state index contributed by atoms with van der Waals surface area (Å²) in [6, 6.07) is 0. The van der Waals surface area contributed by atoms with Gasteiger partial charge in [-0.1, -0.05) is 0 Å². The molecule has 0 aromatic carbocycles. The van der Waals surface area contributed by atoms with Gasteiger partial charge in [0.15, 0.2) is 0 Å². The predicted molar refractivity (Wildman–Crippen MR) is 35.7 cm³/mol. The zero-order valence-electron chi connectivity index (χ0n) is 4.96. The van der Waals surface area contributed by atoms with Crippen LogP contribution < -0.4 is 11.1 Å². The van der Waals surface area contributed by atoms with Crippen LogP contribution in [0.15, 0.2) is 17.4 Å². The highest BCUT2D eigenvalue weighted by atomic mass is 14.8. The standard InChI is InChI=1S/C5H11N3/c1-7-4-5-8-3-2-6/h2-3,5,7H,4,6H2,1H3/b3-2-,8-5?. The highest BCUT2D eigenvalue weighted by molar-refractivity contribution is 5.60. The number of nitrogens with two attached hydrogens (primary N) is 1. The van der Waals surface area contributed by atoms with Gasteiger partial charge in [-0.25, -0.2) is 0 Å². The number of hydrogen-bond donors (Lipinski definition) is 2. The lowest BCUT2D eigenvalue weighted by atomic mass is 10.7. The van der Waals surface area contributed by atoms with Crippen LogP contribution in [0.5, 0.6) is 0 Å². The molecule has 3 nitrogen and oxygen atoms in total. The van der Waals surface area contributed by atoms with Crippen molar-refractivity contribution >= 4 is 6.21 Å². The highest BCUT2D eigenvalue weighted by Crippen LogP contribution is 1.63. The fraction of sp³-hybridized carbons (Fsp3) is 0.400. The van der Waals surface area contributed by atoms with Gasteiger partial charge in [0, 0.05) is 25.2 Å². The molecule has 3 heteroatoms. The van der Waals surface area contributed by atoms with Crippen molar-refractivity contribution in [1.29, 1.82) is 0 Å². The van der Waals surface area contributed by atoms with E-state index in [1.165, 1.54) is 12.4 Å². The summed E-state index contributed by atoms with van der Waals surface area (Å²) >= 11 is 0. The Morgan fingerprint density at radius 1 is 1.75 bits per heavy atom. The van der Waals surface area contributed by atoms with Gasteiger partial charge in [0.25, 0.3) is 0 Å². The fourth-order valence-electron chi connectivity index (χ4n) is 0.255. The molecule has 0 aliphatic rings. The molecule has 0 aromatic rings. The second-order valence-corrected chi connectivity index (χ2v) is 1.23. The summed E-state index contributed by atoms with van der Waals surface area (Å²) in [6.07, 6.45) is 4.67. The lowest BCUT2D eigenvalue weighted by Crippen LogP contribution is -2.07.